The van der Waals surface area contributed by atoms with Crippen LogP contribution in [0.15, 0.2) is 57.8 Å². The summed E-state index contributed by atoms with van der Waals surface area (Å²) >= 11 is 6.00. The number of sulfonamides is 1. The van der Waals surface area contributed by atoms with E-state index in [9.17, 15) is 33.3 Å². The maximum absolute atomic E-state index is 12.8. The first-order valence-corrected chi connectivity index (χ1v) is 19.4. The molecule has 0 amide bonds. The fraction of sp³-hybridized carbons (Fsp3) is 0.605. The zero-order valence-corrected chi connectivity index (χ0v) is 29.9. The van der Waals surface area contributed by atoms with Crippen LogP contribution in [-0.2, 0) is 19.6 Å². The minimum absolute atomic E-state index is 0.0111. The largest absolute Gasteiger partial charge is 0.393 e. The Bertz CT molecular complexity index is 1700. The fourth-order valence-corrected chi connectivity index (χ4v) is 11.8. The van der Waals surface area contributed by atoms with E-state index >= 15 is 0 Å². The quantitative estimate of drug-likeness (QED) is 0.166. The lowest BCUT2D eigenvalue weighted by Gasteiger charge is -2.63. The summed E-state index contributed by atoms with van der Waals surface area (Å²) in [5.74, 6) is -0.361. The summed E-state index contributed by atoms with van der Waals surface area (Å²) in [7, 11) is -4.01. The van der Waals surface area contributed by atoms with E-state index in [0.29, 0.717) is 24.8 Å². The molecule has 0 heterocycles. The zero-order chi connectivity index (χ0) is 35.3. The molecule has 0 aromatic heterocycles. The predicted octanol–water partition coefficient (Wildman–Crippen LogP) is 6.21. The molecule has 9 nitrogen and oxygen atoms in total. The molecule has 4 fully saturated rings. The molecular weight excluding hydrogens is 666 g/mol. The lowest BCUT2D eigenvalue weighted by atomic mass is 9.43. The van der Waals surface area contributed by atoms with Gasteiger partial charge in [-0.15, -0.1) is 0 Å². The third-order valence-electron chi connectivity index (χ3n) is 13.1. The summed E-state index contributed by atoms with van der Waals surface area (Å²) in [6, 6.07) is 11.9. The van der Waals surface area contributed by atoms with Crippen molar-refractivity contribution >= 4 is 39.8 Å². The predicted molar refractivity (Wildman–Crippen MR) is 185 cm³/mol. The van der Waals surface area contributed by atoms with Crippen LogP contribution in [0.25, 0.3) is 0 Å². The number of esters is 2. The molecule has 11 unspecified atom stereocenters. The highest BCUT2D eigenvalue weighted by molar-refractivity contribution is 7.90. The molecule has 3 N–H and O–H groups in total. The first kappa shape index (κ1) is 36.2. The second-order valence-electron chi connectivity index (χ2n) is 15.6. The molecule has 4 aliphatic carbocycles. The van der Waals surface area contributed by atoms with Gasteiger partial charge in [-0.3, -0.25) is 4.79 Å². The van der Waals surface area contributed by atoms with Gasteiger partial charge >= 0.3 is 11.9 Å². The monoisotopic (exact) mass is 713 g/mol. The maximum Gasteiger partial charge on any atom is 0.345 e. The van der Waals surface area contributed by atoms with Gasteiger partial charge in [-0.05, 0) is 128 Å². The minimum Gasteiger partial charge on any atom is -0.393 e. The molecule has 2 aromatic rings. The number of hydrogen-bond acceptors (Lipinski definition) is 8. The van der Waals surface area contributed by atoms with Gasteiger partial charge in [-0.25, -0.2) is 4.79 Å². The number of rotatable bonds is 8. The van der Waals surface area contributed by atoms with Gasteiger partial charge in [0.1, 0.15) is 4.90 Å². The van der Waals surface area contributed by atoms with Crippen molar-refractivity contribution in [1.29, 1.82) is 0 Å². The smallest absolute Gasteiger partial charge is 0.345 e. The first-order valence-electron chi connectivity index (χ1n) is 17.6. The fourth-order valence-electron chi connectivity index (χ4n) is 10.4. The van der Waals surface area contributed by atoms with Crippen LogP contribution in [0.5, 0.6) is 0 Å². The van der Waals surface area contributed by atoms with E-state index in [0.717, 1.165) is 38.3 Å². The summed E-state index contributed by atoms with van der Waals surface area (Å²) in [6.45, 7) is 6.61. The Morgan fingerprint density at radius 3 is 2.43 bits per heavy atom. The maximum atomic E-state index is 12.8. The number of carbonyl (C=O) groups excluding carboxylic acids is 2. The van der Waals surface area contributed by atoms with E-state index in [1.807, 2.05) is 0 Å². The van der Waals surface area contributed by atoms with Crippen LogP contribution in [0.2, 0.25) is 5.02 Å². The van der Waals surface area contributed by atoms with Crippen molar-refractivity contribution in [3.05, 3.63) is 64.7 Å². The summed E-state index contributed by atoms with van der Waals surface area (Å²) in [4.78, 5) is 25.4. The molecule has 4 saturated carbocycles. The standard InChI is InChI=1S/C38H48ClNO8S/c1-22(27-13-14-28-35-29(20-33(43)38(27,28)3)37(2)17-16-26(41)18-25(37)19-31(35)42)8-15-34(44)48-36(45)24-11-9-23(10-12-24)21-40-49(46,47)32-7-5-4-6-30(32)39/h4-7,9-12,21-22,25-29,31,33,35,41-43H,8,13-20H2,1-3H3/b40-21+. The number of ether oxygens (including phenoxy) is 1. The van der Waals surface area contributed by atoms with Gasteiger partial charge in [-0.1, -0.05) is 56.6 Å². The third-order valence-corrected chi connectivity index (χ3v) is 14.9. The molecule has 0 saturated heterocycles. The second-order valence-corrected chi connectivity index (χ2v) is 17.6. The zero-order valence-electron chi connectivity index (χ0n) is 28.4. The van der Waals surface area contributed by atoms with Gasteiger partial charge in [0, 0.05) is 12.6 Å². The van der Waals surface area contributed by atoms with E-state index in [2.05, 4.69) is 25.2 Å². The van der Waals surface area contributed by atoms with Crippen molar-refractivity contribution in [3.63, 3.8) is 0 Å². The molecule has 11 heteroatoms. The van der Waals surface area contributed by atoms with Crippen molar-refractivity contribution in [2.75, 3.05) is 0 Å². The van der Waals surface area contributed by atoms with Crippen LogP contribution in [0.1, 0.15) is 94.5 Å². The van der Waals surface area contributed by atoms with Crippen molar-refractivity contribution in [3.8, 4) is 0 Å². The lowest BCUT2D eigenvalue weighted by Crippen LogP contribution is -2.62. The third kappa shape index (κ3) is 6.76. The molecule has 2 aromatic carbocycles. The summed E-state index contributed by atoms with van der Waals surface area (Å²) < 4.78 is 33.9. The molecular formula is C38H48ClNO8S. The minimum atomic E-state index is -4.01. The summed E-state index contributed by atoms with van der Waals surface area (Å²) in [5, 5.41) is 33.7. The van der Waals surface area contributed by atoms with Crippen LogP contribution in [0, 0.1) is 46.3 Å². The Morgan fingerprint density at radius 2 is 1.71 bits per heavy atom. The summed E-state index contributed by atoms with van der Waals surface area (Å²) in [5.41, 5.74) is 0.209. The highest BCUT2D eigenvalue weighted by Gasteiger charge is 2.65. The first-order chi connectivity index (χ1) is 23.1. The highest BCUT2D eigenvalue weighted by atomic mass is 35.5. The molecule has 0 aliphatic heterocycles. The Hall–Kier alpha value is -2.63. The van der Waals surface area contributed by atoms with Crippen LogP contribution in [0.3, 0.4) is 0 Å². The Labute approximate surface area is 294 Å². The van der Waals surface area contributed by atoms with Gasteiger partial charge in [0.2, 0.25) is 0 Å². The number of halogens is 1. The van der Waals surface area contributed by atoms with E-state index in [-0.39, 0.29) is 74.3 Å². The average Bonchev–Trinajstić information content (AvgIpc) is 3.42. The average molecular weight is 714 g/mol. The molecule has 0 bridgehead atoms. The van der Waals surface area contributed by atoms with E-state index in [1.165, 1.54) is 36.4 Å². The SMILES string of the molecule is CC(CCC(=O)OC(=O)c1ccc(/C=N/S(=O)(=O)c2ccccc2Cl)cc1)C1CCC2C3C(O)CC4CC(O)CCC4(C)C3CC(O)C12C. The molecule has 6 rings (SSSR count). The topological polar surface area (TPSA) is 151 Å². The Balaban J connectivity index is 1.04. The van der Waals surface area contributed by atoms with Crippen LogP contribution < -0.4 is 0 Å². The molecule has 49 heavy (non-hydrogen) atoms. The van der Waals surface area contributed by atoms with Crippen molar-refractivity contribution in [2.45, 2.75) is 102 Å². The van der Waals surface area contributed by atoms with Crippen molar-refractivity contribution in [1.82, 2.24) is 0 Å². The number of aliphatic hydroxyl groups is 3. The molecule has 0 radical (unpaired) electrons. The normalized spacial score (nSPS) is 36.4. The molecule has 4 aliphatic rings. The lowest BCUT2D eigenvalue weighted by molar-refractivity contribution is -0.207. The second kappa shape index (κ2) is 13.8. The molecule has 11 atom stereocenters. The number of aliphatic hydroxyl groups excluding tert-OH is 3. The number of fused-ring (bicyclic) bond motifs is 5. The number of hydrogen-bond donors (Lipinski definition) is 3. The summed E-state index contributed by atoms with van der Waals surface area (Å²) in [6.07, 6.45) is 6.10. The number of benzene rings is 2. The van der Waals surface area contributed by atoms with Crippen LogP contribution in [-0.4, -0.2) is 60.2 Å². The molecule has 0 spiro atoms. The van der Waals surface area contributed by atoms with Gasteiger partial charge in [0.25, 0.3) is 10.0 Å². The van der Waals surface area contributed by atoms with Crippen molar-refractivity contribution in [2.24, 2.45) is 50.7 Å². The van der Waals surface area contributed by atoms with E-state index in [1.54, 1.807) is 12.1 Å². The molecule has 266 valence electrons. The van der Waals surface area contributed by atoms with Gasteiger partial charge < -0.3 is 20.1 Å². The number of nitrogens with zero attached hydrogens (tertiary/aromatic N) is 1. The Morgan fingerprint density at radius 1 is 1.00 bits per heavy atom. The van der Waals surface area contributed by atoms with Gasteiger partial charge in [0.05, 0.1) is 28.9 Å². The van der Waals surface area contributed by atoms with Crippen LogP contribution >= 0.6 is 11.6 Å². The van der Waals surface area contributed by atoms with Gasteiger partial charge in [-0.2, -0.15) is 12.8 Å². The highest BCUT2D eigenvalue weighted by Crippen LogP contribution is 2.68. The number of carbonyl (C=O) groups is 2. The van der Waals surface area contributed by atoms with Crippen LogP contribution in [0.4, 0.5) is 0 Å². The Kier molecular flexibility index (Phi) is 10.2. The van der Waals surface area contributed by atoms with E-state index < -0.39 is 34.2 Å². The van der Waals surface area contributed by atoms with Crippen molar-refractivity contribution < 1.29 is 38.1 Å². The van der Waals surface area contributed by atoms with Gasteiger partial charge in [0.15, 0.2) is 0 Å². The van der Waals surface area contributed by atoms with E-state index in [4.69, 9.17) is 16.3 Å².